The van der Waals surface area contributed by atoms with E-state index in [1.165, 1.54) is 7.11 Å². The Labute approximate surface area is 133 Å². The van der Waals surface area contributed by atoms with Gasteiger partial charge in [0, 0.05) is 18.3 Å². The molecule has 0 saturated carbocycles. The summed E-state index contributed by atoms with van der Waals surface area (Å²) in [6.45, 7) is 2.58. The second kappa shape index (κ2) is 5.74. The third-order valence-corrected chi connectivity index (χ3v) is 4.43. The van der Waals surface area contributed by atoms with Crippen LogP contribution in [0.1, 0.15) is 40.6 Å². The van der Waals surface area contributed by atoms with E-state index in [9.17, 15) is 9.90 Å². The Morgan fingerprint density at radius 1 is 1.55 bits per heavy atom. The van der Waals surface area contributed by atoms with E-state index in [1.807, 2.05) is 17.6 Å². The summed E-state index contributed by atoms with van der Waals surface area (Å²) in [5.74, 6) is -0.437. The SMILES string of the molecule is COC(=O)c1c(C)c(-c2cccnc2Cl)n2c1C(O)CCC2. The van der Waals surface area contributed by atoms with Crippen LogP contribution in [0.2, 0.25) is 5.15 Å². The van der Waals surface area contributed by atoms with Crippen LogP contribution < -0.4 is 0 Å². The monoisotopic (exact) mass is 320 g/mol. The van der Waals surface area contributed by atoms with Gasteiger partial charge >= 0.3 is 5.97 Å². The van der Waals surface area contributed by atoms with Crippen molar-refractivity contribution in [3.63, 3.8) is 0 Å². The summed E-state index contributed by atoms with van der Waals surface area (Å²) in [5, 5.41) is 10.7. The van der Waals surface area contributed by atoms with Crippen molar-refractivity contribution in [2.45, 2.75) is 32.4 Å². The second-order valence-corrected chi connectivity index (χ2v) is 5.73. The number of carbonyl (C=O) groups excluding carboxylic acids is 1. The highest BCUT2D eigenvalue weighted by Crippen LogP contribution is 2.40. The number of carbonyl (C=O) groups is 1. The average Bonchev–Trinajstić information content (AvgIpc) is 2.81. The number of nitrogens with zero attached hydrogens (tertiary/aromatic N) is 2. The molecule has 0 aromatic carbocycles. The van der Waals surface area contributed by atoms with Crippen LogP contribution in [0.3, 0.4) is 0 Å². The molecular formula is C16H17ClN2O3. The van der Waals surface area contributed by atoms with Gasteiger partial charge in [-0.25, -0.2) is 9.78 Å². The maximum atomic E-state index is 12.2. The van der Waals surface area contributed by atoms with Gasteiger partial charge in [-0.15, -0.1) is 0 Å². The predicted octanol–water partition coefficient (Wildman–Crippen LogP) is 3.13. The summed E-state index contributed by atoms with van der Waals surface area (Å²) in [4.78, 5) is 16.3. The van der Waals surface area contributed by atoms with Crippen LogP contribution in [0.4, 0.5) is 0 Å². The van der Waals surface area contributed by atoms with Crippen LogP contribution in [0, 0.1) is 6.92 Å². The fraction of sp³-hybridized carbons (Fsp3) is 0.375. The largest absolute Gasteiger partial charge is 0.465 e. The number of halogens is 1. The van der Waals surface area contributed by atoms with Gasteiger partial charge in [-0.3, -0.25) is 0 Å². The Morgan fingerprint density at radius 2 is 2.32 bits per heavy atom. The minimum Gasteiger partial charge on any atom is -0.465 e. The minimum absolute atomic E-state index is 0.377. The van der Waals surface area contributed by atoms with Crippen molar-refractivity contribution >= 4 is 17.6 Å². The number of ether oxygens (including phenoxy) is 1. The zero-order chi connectivity index (χ0) is 15.9. The number of aliphatic hydroxyl groups is 1. The summed E-state index contributed by atoms with van der Waals surface area (Å²) < 4.78 is 6.87. The van der Waals surface area contributed by atoms with Crippen molar-refractivity contribution in [2.24, 2.45) is 0 Å². The number of aromatic nitrogens is 2. The van der Waals surface area contributed by atoms with Crippen molar-refractivity contribution in [1.82, 2.24) is 9.55 Å². The van der Waals surface area contributed by atoms with E-state index in [-0.39, 0.29) is 0 Å². The maximum Gasteiger partial charge on any atom is 0.340 e. The lowest BCUT2D eigenvalue weighted by Gasteiger charge is -2.23. The highest BCUT2D eigenvalue weighted by molar-refractivity contribution is 6.32. The molecule has 6 heteroatoms. The number of rotatable bonds is 2. The molecule has 2 aromatic heterocycles. The van der Waals surface area contributed by atoms with Crippen LogP contribution in [0.25, 0.3) is 11.3 Å². The van der Waals surface area contributed by atoms with Gasteiger partial charge in [0.2, 0.25) is 0 Å². The molecule has 0 amide bonds. The molecule has 116 valence electrons. The molecule has 1 aliphatic heterocycles. The van der Waals surface area contributed by atoms with Crippen molar-refractivity contribution in [1.29, 1.82) is 0 Å². The summed E-state index contributed by atoms with van der Waals surface area (Å²) in [6.07, 6.45) is 2.42. The lowest BCUT2D eigenvalue weighted by molar-refractivity contribution is 0.0587. The molecule has 2 aromatic rings. The molecule has 0 bridgehead atoms. The standard InChI is InChI=1S/C16H17ClN2O3/c1-9-12(16(21)22-2)14-11(20)6-4-8-19(14)13(9)10-5-3-7-18-15(10)17/h3,5,7,11,20H,4,6,8H2,1-2H3. The van der Waals surface area contributed by atoms with E-state index in [0.717, 1.165) is 29.8 Å². The Balaban J connectivity index is 2.32. The Bertz CT molecular complexity index is 739. The summed E-state index contributed by atoms with van der Waals surface area (Å²) in [6, 6.07) is 3.67. The fourth-order valence-electron chi connectivity index (χ4n) is 3.20. The lowest BCUT2D eigenvalue weighted by atomic mass is 10.0. The molecule has 1 unspecified atom stereocenters. The molecular weight excluding hydrogens is 304 g/mol. The lowest BCUT2D eigenvalue weighted by Crippen LogP contribution is -2.18. The zero-order valence-corrected chi connectivity index (χ0v) is 13.2. The summed E-state index contributed by atoms with van der Waals surface area (Å²) >= 11 is 6.23. The minimum atomic E-state index is -0.675. The van der Waals surface area contributed by atoms with E-state index in [4.69, 9.17) is 16.3 Å². The van der Waals surface area contributed by atoms with Gasteiger partial charge in [-0.05, 0) is 37.5 Å². The third-order valence-electron chi connectivity index (χ3n) is 4.13. The molecule has 3 rings (SSSR count). The van der Waals surface area contributed by atoms with Gasteiger partial charge in [-0.2, -0.15) is 0 Å². The van der Waals surface area contributed by atoms with Crippen molar-refractivity contribution in [3.8, 4) is 11.3 Å². The number of fused-ring (bicyclic) bond motifs is 1. The first-order valence-corrected chi connectivity index (χ1v) is 7.54. The van der Waals surface area contributed by atoms with Gasteiger partial charge in [-0.1, -0.05) is 11.6 Å². The molecule has 1 aliphatic rings. The highest BCUT2D eigenvalue weighted by Gasteiger charge is 2.32. The number of methoxy groups -OCH3 is 1. The average molecular weight is 321 g/mol. The maximum absolute atomic E-state index is 12.2. The van der Waals surface area contributed by atoms with Crippen LogP contribution >= 0.6 is 11.6 Å². The van der Waals surface area contributed by atoms with Crippen molar-refractivity contribution < 1.29 is 14.6 Å². The smallest absolute Gasteiger partial charge is 0.340 e. The number of esters is 1. The number of pyridine rings is 1. The first-order valence-electron chi connectivity index (χ1n) is 7.16. The van der Waals surface area contributed by atoms with E-state index in [0.29, 0.717) is 22.8 Å². The summed E-state index contributed by atoms with van der Waals surface area (Å²) in [5.41, 5.74) is 3.40. The van der Waals surface area contributed by atoms with E-state index < -0.39 is 12.1 Å². The molecule has 0 aliphatic carbocycles. The first kappa shape index (κ1) is 15.1. The van der Waals surface area contributed by atoms with Crippen LogP contribution in [-0.4, -0.2) is 27.7 Å². The number of hydrogen-bond donors (Lipinski definition) is 1. The molecule has 3 heterocycles. The second-order valence-electron chi connectivity index (χ2n) is 5.38. The molecule has 0 saturated heterocycles. The van der Waals surface area contributed by atoms with E-state index >= 15 is 0 Å². The molecule has 1 N–H and O–H groups in total. The summed E-state index contributed by atoms with van der Waals surface area (Å²) in [7, 11) is 1.35. The normalized spacial score (nSPS) is 17.2. The van der Waals surface area contributed by atoms with Gasteiger partial charge in [0.1, 0.15) is 5.15 Å². The van der Waals surface area contributed by atoms with Crippen molar-refractivity contribution in [2.75, 3.05) is 7.11 Å². The van der Waals surface area contributed by atoms with Gasteiger partial charge in [0.05, 0.1) is 30.2 Å². The predicted molar refractivity (Wildman–Crippen MR) is 82.9 cm³/mol. The molecule has 22 heavy (non-hydrogen) atoms. The zero-order valence-electron chi connectivity index (χ0n) is 12.5. The Hall–Kier alpha value is -1.85. The van der Waals surface area contributed by atoms with E-state index in [2.05, 4.69) is 4.98 Å². The van der Waals surface area contributed by atoms with Crippen LogP contribution in [-0.2, 0) is 11.3 Å². The van der Waals surface area contributed by atoms with Crippen LogP contribution in [0.15, 0.2) is 18.3 Å². The number of aliphatic hydroxyl groups excluding tert-OH is 1. The van der Waals surface area contributed by atoms with Gasteiger partial charge in [0.15, 0.2) is 0 Å². The van der Waals surface area contributed by atoms with Crippen molar-refractivity contribution in [3.05, 3.63) is 40.3 Å². The van der Waals surface area contributed by atoms with E-state index in [1.54, 1.807) is 12.3 Å². The number of hydrogen-bond acceptors (Lipinski definition) is 4. The molecule has 5 nitrogen and oxygen atoms in total. The molecule has 0 radical (unpaired) electrons. The molecule has 0 fully saturated rings. The molecule has 0 spiro atoms. The van der Waals surface area contributed by atoms with Gasteiger partial charge in [0.25, 0.3) is 0 Å². The Kier molecular flexibility index (Phi) is 3.93. The fourth-order valence-corrected chi connectivity index (χ4v) is 3.41. The molecule has 1 atom stereocenters. The van der Waals surface area contributed by atoms with Crippen LogP contribution in [0.5, 0.6) is 0 Å². The van der Waals surface area contributed by atoms with Gasteiger partial charge < -0.3 is 14.4 Å². The highest BCUT2D eigenvalue weighted by atomic mass is 35.5. The Morgan fingerprint density at radius 3 is 3.00 bits per heavy atom. The quantitative estimate of drug-likeness (QED) is 0.682. The first-order chi connectivity index (χ1) is 10.6. The topological polar surface area (TPSA) is 64.3 Å². The third kappa shape index (κ3) is 2.21.